The fourth-order valence-electron chi connectivity index (χ4n) is 3.24. The van der Waals surface area contributed by atoms with Crippen LogP contribution in [-0.2, 0) is 26.3 Å². The summed E-state index contributed by atoms with van der Waals surface area (Å²) >= 11 is 1.69. The van der Waals surface area contributed by atoms with Crippen molar-refractivity contribution in [1.29, 1.82) is 0 Å². The molecule has 1 N–H and O–H groups in total. The maximum absolute atomic E-state index is 13.0. The number of nitrogens with zero attached hydrogens (tertiary/aromatic N) is 1. The minimum atomic E-state index is -3.48. The first-order valence-corrected chi connectivity index (χ1v) is 12.3. The van der Waals surface area contributed by atoms with E-state index in [-0.39, 0.29) is 17.6 Å². The molecule has 1 fully saturated rings. The molecule has 1 aliphatic rings. The van der Waals surface area contributed by atoms with E-state index < -0.39 is 15.8 Å². The first-order valence-electron chi connectivity index (χ1n) is 9.54. The summed E-state index contributed by atoms with van der Waals surface area (Å²) in [6, 6.07) is 9.25. The molecule has 1 aliphatic heterocycles. The van der Waals surface area contributed by atoms with Crippen LogP contribution in [0.3, 0.4) is 0 Å². The number of nitrogens with one attached hydrogen (secondary N) is 1. The van der Waals surface area contributed by atoms with Gasteiger partial charge in [-0.15, -0.1) is 0 Å². The molecule has 1 aromatic carbocycles. The number of hydrogen-bond donors (Lipinski definition) is 1. The summed E-state index contributed by atoms with van der Waals surface area (Å²) in [6.07, 6.45) is 2.66. The number of rotatable bonds is 9. The van der Waals surface area contributed by atoms with E-state index >= 15 is 0 Å². The van der Waals surface area contributed by atoms with Gasteiger partial charge in [0.1, 0.15) is 11.6 Å². The zero-order valence-electron chi connectivity index (χ0n) is 16.1. The maximum Gasteiger partial charge on any atom is 0.223 e. The molecule has 0 aliphatic carbocycles. The van der Waals surface area contributed by atoms with Gasteiger partial charge in [-0.25, -0.2) is 17.1 Å². The molecule has 2 heterocycles. The van der Waals surface area contributed by atoms with Gasteiger partial charge < -0.3 is 9.73 Å². The van der Waals surface area contributed by atoms with Gasteiger partial charge in [0.25, 0.3) is 0 Å². The summed E-state index contributed by atoms with van der Waals surface area (Å²) in [5.41, 5.74) is 0.554. The Morgan fingerprint density at radius 2 is 1.93 bits per heavy atom. The van der Waals surface area contributed by atoms with Crippen molar-refractivity contribution in [2.24, 2.45) is 5.92 Å². The molecule has 158 valence electrons. The Balaban J connectivity index is 1.37. The zero-order valence-corrected chi connectivity index (χ0v) is 17.7. The molecule has 3 rings (SSSR count). The lowest BCUT2D eigenvalue weighted by Crippen LogP contribution is -2.43. The second-order valence-electron chi connectivity index (χ2n) is 6.98. The van der Waals surface area contributed by atoms with Crippen molar-refractivity contribution in [1.82, 2.24) is 9.62 Å². The largest absolute Gasteiger partial charge is 0.468 e. The molecule has 1 saturated heterocycles. The fraction of sp³-hybridized carbons (Fsp3) is 0.450. The molecule has 6 nitrogen and oxygen atoms in total. The second-order valence-corrected chi connectivity index (χ2v) is 10.1. The number of hydrogen-bond acceptors (Lipinski definition) is 5. The van der Waals surface area contributed by atoms with Crippen LogP contribution in [-0.4, -0.2) is 44.0 Å². The highest BCUT2D eigenvalue weighted by Crippen LogP contribution is 2.22. The van der Waals surface area contributed by atoms with E-state index in [1.165, 1.54) is 28.6 Å². The average molecular weight is 441 g/mol. The molecular formula is C20H25FN2O4S2. The molecule has 29 heavy (non-hydrogen) atoms. The van der Waals surface area contributed by atoms with Gasteiger partial charge in [0.05, 0.1) is 17.8 Å². The van der Waals surface area contributed by atoms with E-state index in [0.29, 0.717) is 38.0 Å². The Hall–Kier alpha value is -1.84. The highest BCUT2D eigenvalue weighted by atomic mass is 32.2. The Morgan fingerprint density at radius 1 is 1.21 bits per heavy atom. The van der Waals surface area contributed by atoms with E-state index in [1.807, 2.05) is 12.1 Å². The first-order chi connectivity index (χ1) is 13.9. The predicted molar refractivity (Wildman–Crippen MR) is 111 cm³/mol. The Bertz CT molecular complexity index is 878. The number of piperidine rings is 1. The van der Waals surface area contributed by atoms with Crippen LogP contribution in [0.2, 0.25) is 0 Å². The highest BCUT2D eigenvalue weighted by Gasteiger charge is 2.31. The molecule has 0 spiro atoms. The van der Waals surface area contributed by atoms with Gasteiger partial charge in [-0.2, -0.15) is 11.8 Å². The minimum Gasteiger partial charge on any atom is -0.468 e. The third kappa shape index (κ3) is 6.58. The van der Waals surface area contributed by atoms with Crippen molar-refractivity contribution in [2.75, 3.05) is 25.4 Å². The Kier molecular flexibility index (Phi) is 7.74. The van der Waals surface area contributed by atoms with Gasteiger partial charge in [-0.05, 0) is 42.7 Å². The molecule has 0 radical (unpaired) electrons. The molecule has 1 aromatic heterocycles. The van der Waals surface area contributed by atoms with Crippen LogP contribution in [0.15, 0.2) is 47.1 Å². The Morgan fingerprint density at radius 3 is 2.59 bits per heavy atom. The van der Waals surface area contributed by atoms with E-state index in [4.69, 9.17) is 4.42 Å². The molecule has 9 heteroatoms. The Labute approximate surface area is 174 Å². The summed E-state index contributed by atoms with van der Waals surface area (Å²) in [5, 5.41) is 2.94. The zero-order chi connectivity index (χ0) is 20.7. The van der Waals surface area contributed by atoms with E-state index in [9.17, 15) is 17.6 Å². The van der Waals surface area contributed by atoms with Crippen molar-refractivity contribution in [3.63, 3.8) is 0 Å². The second kappa shape index (κ2) is 10.3. The number of amides is 1. The molecule has 0 unspecified atom stereocenters. The van der Waals surface area contributed by atoms with Crippen molar-refractivity contribution >= 4 is 27.7 Å². The van der Waals surface area contributed by atoms with Crippen LogP contribution in [0, 0.1) is 11.7 Å². The van der Waals surface area contributed by atoms with Crippen LogP contribution < -0.4 is 5.32 Å². The van der Waals surface area contributed by atoms with E-state index in [1.54, 1.807) is 18.0 Å². The van der Waals surface area contributed by atoms with Gasteiger partial charge in [0, 0.05) is 31.3 Å². The van der Waals surface area contributed by atoms with Gasteiger partial charge in [0.15, 0.2) is 0 Å². The van der Waals surface area contributed by atoms with Crippen molar-refractivity contribution in [2.45, 2.75) is 24.3 Å². The number of carbonyl (C=O) groups is 1. The van der Waals surface area contributed by atoms with Gasteiger partial charge >= 0.3 is 0 Å². The van der Waals surface area contributed by atoms with Crippen LogP contribution in [0.1, 0.15) is 24.2 Å². The molecule has 0 saturated carbocycles. The van der Waals surface area contributed by atoms with Gasteiger partial charge in [-0.3, -0.25) is 4.79 Å². The van der Waals surface area contributed by atoms with Crippen LogP contribution in [0.5, 0.6) is 0 Å². The van der Waals surface area contributed by atoms with Crippen LogP contribution >= 0.6 is 11.8 Å². The topological polar surface area (TPSA) is 79.6 Å². The monoisotopic (exact) mass is 440 g/mol. The summed E-state index contributed by atoms with van der Waals surface area (Å²) in [6.45, 7) is 1.23. The minimum absolute atomic E-state index is 0.0146. The van der Waals surface area contributed by atoms with Crippen molar-refractivity contribution in [3.8, 4) is 0 Å². The van der Waals surface area contributed by atoms with Crippen molar-refractivity contribution < 1.29 is 22.0 Å². The normalized spacial score (nSPS) is 16.0. The standard InChI is InChI=1S/C20H25FN2O4S2/c21-18-5-3-16(4-6-18)15-29(25,26)23-10-7-17(8-11-23)20(24)22-9-13-28-14-19-2-1-12-27-19/h1-6,12,17H,7-11,13-15H2,(H,22,24). The SMILES string of the molecule is O=C(NCCSCc1ccco1)C1CCN(S(=O)(=O)Cc2ccc(F)cc2)CC1. The van der Waals surface area contributed by atoms with E-state index in [0.717, 1.165) is 17.3 Å². The summed E-state index contributed by atoms with van der Waals surface area (Å²) < 4.78 is 44.8. The quantitative estimate of drug-likeness (QED) is 0.607. The fourth-order valence-corrected chi connectivity index (χ4v) is 5.56. The first kappa shape index (κ1) is 21.9. The molecule has 0 atom stereocenters. The lowest BCUT2D eigenvalue weighted by atomic mass is 9.97. The maximum atomic E-state index is 13.0. The molecular weight excluding hydrogens is 415 g/mol. The number of thioether (sulfide) groups is 1. The molecule has 2 aromatic rings. The third-order valence-corrected chi connectivity index (χ3v) is 7.68. The molecule has 1 amide bonds. The number of sulfonamides is 1. The predicted octanol–water partition coefficient (Wildman–Crippen LogP) is 3.01. The van der Waals surface area contributed by atoms with Crippen LogP contribution in [0.25, 0.3) is 0 Å². The van der Waals surface area contributed by atoms with E-state index in [2.05, 4.69) is 5.32 Å². The summed E-state index contributed by atoms with van der Waals surface area (Å²) in [7, 11) is -3.48. The lowest BCUT2D eigenvalue weighted by molar-refractivity contribution is -0.125. The number of benzene rings is 1. The highest BCUT2D eigenvalue weighted by molar-refractivity contribution is 7.98. The average Bonchev–Trinajstić information content (AvgIpc) is 3.23. The smallest absolute Gasteiger partial charge is 0.223 e. The number of carbonyl (C=O) groups excluding carboxylic acids is 1. The third-order valence-electron chi connectivity index (χ3n) is 4.85. The molecule has 0 bridgehead atoms. The van der Waals surface area contributed by atoms with Crippen molar-refractivity contribution in [3.05, 3.63) is 59.8 Å². The van der Waals surface area contributed by atoms with Gasteiger partial charge in [0.2, 0.25) is 15.9 Å². The number of furan rings is 1. The lowest BCUT2D eigenvalue weighted by Gasteiger charge is -2.30. The summed E-state index contributed by atoms with van der Waals surface area (Å²) in [5.74, 6) is 1.75. The van der Waals surface area contributed by atoms with Gasteiger partial charge in [-0.1, -0.05) is 12.1 Å². The van der Waals surface area contributed by atoms with Crippen LogP contribution in [0.4, 0.5) is 4.39 Å². The summed E-state index contributed by atoms with van der Waals surface area (Å²) in [4.78, 5) is 12.3. The number of halogens is 1.